The zero-order valence-electron chi connectivity index (χ0n) is 14.3. The summed E-state index contributed by atoms with van der Waals surface area (Å²) in [5.41, 5.74) is 1.14. The number of benzene rings is 1. The van der Waals surface area contributed by atoms with E-state index in [2.05, 4.69) is 10.2 Å². The molecule has 1 aromatic rings. The first-order valence-corrected chi connectivity index (χ1v) is 9.06. The van der Waals surface area contributed by atoms with E-state index in [-0.39, 0.29) is 18.1 Å². The first-order valence-electron chi connectivity index (χ1n) is 9.06. The van der Waals surface area contributed by atoms with Crippen LogP contribution in [-0.4, -0.2) is 55.8 Å². The predicted molar refractivity (Wildman–Crippen MR) is 92.7 cm³/mol. The van der Waals surface area contributed by atoms with Crippen molar-refractivity contribution in [2.24, 2.45) is 0 Å². The van der Waals surface area contributed by atoms with E-state index in [4.69, 9.17) is 9.47 Å². The molecule has 3 rings (SSSR count). The molecule has 1 aromatic carbocycles. The molecule has 5 nitrogen and oxygen atoms in total. The molecule has 1 N–H and O–H groups in total. The number of likely N-dealkylation sites (tertiary alicyclic amines) is 1. The summed E-state index contributed by atoms with van der Waals surface area (Å²) in [7, 11) is 0. The van der Waals surface area contributed by atoms with Gasteiger partial charge in [0, 0.05) is 6.61 Å². The maximum absolute atomic E-state index is 12.4. The van der Waals surface area contributed by atoms with E-state index in [0.29, 0.717) is 26.4 Å². The third kappa shape index (κ3) is 5.30. The summed E-state index contributed by atoms with van der Waals surface area (Å²) >= 11 is 0. The highest BCUT2D eigenvalue weighted by Crippen LogP contribution is 2.14. The highest BCUT2D eigenvalue weighted by Gasteiger charge is 2.28. The zero-order valence-corrected chi connectivity index (χ0v) is 14.3. The van der Waals surface area contributed by atoms with E-state index < -0.39 is 0 Å². The average Bonchev–Trinajstić information content (AvgIpc) is 2.63. The van der Waals surface area contributed by atoms with Crippen LogP contribution >= 0.6 is 0 Å². The molecule has 0 aliphatic carbocycles. The maximum Gasteiger partial charge on any atom is 0.234 e. The molecular weight excluding hydrogens is 304 g/mol. The molecule has 2 atom stereocenters. The van der Waals surface area contributed by atoms with Gasteiger partial charge in [0.15, 0.2) is 0 Å². The Kier molecular flexibility index (Phi) is 6.64. The van der Waals surface area contributed by atoms with Crippen molar-refractivity contribution >= 4 is 5.91 Å². The number of rotatable bonds is 6. The number of hydrogen-bond donors (Lipinski definition) is 1. The van der Waals surface area contributed by atoms with Gasteiger partial charge in [0.25, 0.3) is 0 Å². The fourth-order valence-corrected chi connectivity index (χ4v) is 3.39. The van der Waals surface area contributed by atoms with E-state index in [1.165, 1.54) is 19.3 Å². The van der Waals surface area contributed by atoms with Crippen LogP contribution in [0.15, 0.2) is 30.3 Å². The first-order chi connectivity index (χ1) is 11.8. The summed E-state index contributed by atoms with van der Waals surface area (Å²) in [4.78, 5) is 14.6. The number of nitrogens with one attached hydrogen (secondary N) is 1. The Bertz CT molecular complexity index is 503. The molecule has 0 bridgehead atoms. The second-order valence-corrected chi connectivity index (χ2v) is 6.71. The van der Waals surface area contributed by atoms with Crippen molar-refractivity contribution in [2.45, 2.75) is 44.4 Å². The van der Waals surface area contributed by atoms with E-state index in [9.17, 15) is 4.79 Å². The summed E-state index contributed by atoms with van der Waals surface area (Å²) in [6.45, 7) is 4.35. The minimum Gasteiger partial charge on any atom is -0.379 e. The van der Waals surface area contributed by atoms with E-state index in [1.54, 1.807) is 0 Å². The molecule has 2 heterocycles. The molecule has 2 saturated heterocycles. The number of amides is 1. The molecule has 1 amide bonds. The van der Waals surface area contributed by atoms with Gasteiger partial charge in [-0.1, -0.05) is 36.8 Å². The zero-order chi connectivity index (χ0) is 16.6. The van der Waals surface area contributed by atoms with Crippen LogP contribution in [0.3, 0.4) is 0 Å². The second-order valence-electron chi connectivity index (χ2n) is 6.71. The Labute approximate surface area is 144 Å². The Morgan fingerprint density at radius 2 is 2.00 bits per heavy atom. The number of piperidine rings is 1. The second kappa shape index (κ2) is 9.16. The number of ether oxygens (including phenoxy) is 2. The van der Waals surface area contributed by atoms with Crippen molar-refractivity contribution in [2.75, 3.05) is 32.8 Å². The Morgan fingerprint density at radius 1 is 1.21 bits per heavy atom. The third-order valence-corrected chi connectivity index (χ3v) is 4.77. The number of nitrogens with zero attached hydrogens (tertiary/aromatic N) is 1. The van der Waals surface area contributed by atoms with Gasteiger partial charge < -0.3 is 14.8 Å². The molecule has 0 aromatic heterocycles. The lowest BCUT2D eigenvalue weighted by Gasteiger charge is -2.33. The van der Waals surface area contributed by atoms with Gasteiger partial charge in [-0.05, 0) is 37.9 Å². The summed E-state index contributed by atoms with van der Waals surface area (Å²) in [5, 5.41) is 3.17. The molecule has 0 spiro atoms. The lowest BCUT2D eigenvalue weighted by atomic mass is 10.1. The number of carbonyl (C=O) groups is 1. The fraction of sp³-hybridized carbons (Fsp3) is 0.632. The molecule has 132 valence electrons. The molecule has 0 unspecified atom stereocenters. The topological polar surface area (TPSA) is 50.8 Å². The average molecular weight is 332 g/mol. The predicted octanol–water partition coefficient (Wildman–Crippen LogP) is 1.96. The number of hydrogen-bond acceptors (Lipinski definition) is 4. The lowest BCUT2D eigenvalue weighted by molar-refractivity contribution is -0.128. The molecule has 24 heavy (non-hydrogen) atoms. The lowest BCUT2D eigenvalue weighted by Crippen LogP contribution is -2.52. The van der Waals surface area contributed by atoms with Crippen LogP contribution in [0.25, 0.3) is 0 Å². The minimum atomic E-state index is -0.0794. The normalized spacial score (nSPS) is 25.3. The first kappa shape index (κ1) is 17.4. The molecular formula is C19H28N2O3. The minimum absolute atomic E-state index is 0.0414. The van der Waals surface area contributed by atoms with Gasteiger partial charge in [-0.15, -0.1) is 0 Å². The van der Waals surface area contributed by atoms with Gasteiger partial charge in [-0.25, -0.2) is 0 Å². The molecule has 0 saturated carbocycles. The smallest absolute Gasteiger partial charge is 0.234 e. The van der Waals surface area contributed by atoms with Crippen LogP contribution in [0.2, 0.25) is 0 Å². The summed E-state index contributed by atoms with van der Waals surface area (Å²) in [5.74, 6) is 0.108. The maximum atomic E-state index is 12.4. The summed E-state index contributed by atoms with van der Waals surface area (Å²) in [6, 6.07) is 10.2. The van der Waals surface area contributed by atoms with Gasteiger partial charge >= 0.3 is 0 Å². The van der Waals surface area contributed by atoms with Gasteiger partial charge in [0.1, 0.15) is 6.10 Å². The summed E-state index contributed by atoms with van der Waals surface area (Å²) in [6.07, 6.45) is 4.42. The van der Waals surface area contributed by atoms with Gasteiger partial charge in [0.2, 0.25) is 5.91 Å². The van der Waals surface area contributed by atoms with E-state index >= 15 is 0 Å². The Balaban J connectivity index is 1.47. The highest BCUT2D eigenvalue weighted by molar-refractivity contribution is 5.78. The van der Waals surface area contributed by atoms with Crippen LogP contribution < -0.4 is 5.32 Å². The van der Waals surface area contributed by atoms with Crippen molar-refractivity contribution in [3.05, 3.63) is 35.9 Å². The Morgan fingerprint density at radius 3 is 2.79 bits per heavy atom. The van der Waals surface area contributed by atoms with Crippen LogP contribution in [-0.2, 0) is 20.9 Å². The van der Waals surface area contributed by atoms with Crippen LogP contribution in [0, 0.1) is 0 Å². The quantitative estimate of drug-likeness (QED) is 0.865. The van der Waals surface area contributed by atoms with E-state index in [0.717, 1.165) is 25.1 Å². The van der Waals surface area contributed by atoms with Crippen molar-refractivity contribution in [1.82, 2.24) is 10.2 Å². The van der Waals surface area contributed by atoms with Gasteiger partial charge in [0.05, 0.1) is 25.8 Å². The van der Waals surface area contributed by atoms with Crippen LogP contribution in [0.5, 0.6) is 0 Å². The summed E-state index contributed by atoms with van der Waals surface area (Å²) < 4.78 is 11.6. The molecule has 2 aliphatic rings. The molecule has 0 radical (unpaired) electrons. The van der Waals surface area contributed by atoms with Crippen molar-refractivity contribution in [1.29, 1.82) is 0 Å². The largest absolute Gasteiger partial charge is 0.379 e. The van der Waals surface area contributed by atoms with Gasteiger partial charge in [-0.2, -0.15) is 0 Å². The van der Waals surface area contributed by atoms with Crippen molar-refractivity contribution in [3.8, 4) is 0 Å². The standard InChI is InChI=1S/C19H28N2O3/c22-19(13-21-10-5-2-6-11-21)20-17-9-12-23-15-18(17)24-14-16-7-3-1-4-8-16/h1,3-4,7-8,17-18H,2,5-6,9-15H2,(H,20,22)/t17-,18-/m1/s1. The fourth-order valence-electron chi connectivity index (χ4n) is 3.39. The number of carbonyl (C=O) groups excluding carboxylic acids is 1. The van der Waals surface area contributed by atoms with Crippen LogP contribution in [0.1, 0.15) is 31.2 Å². The third-order valence-electron chi connectivity index (χ3n) is 4.77. The Hall–Kier alpha value is -1.43. The van der Waals surface area contributed by atoms with Gasteiger partial charge in [-0.3, -0.25) is 9.69 Å². The molecule has 2 aliphatic heterocycles. The molecule has 5 heteroatoms. The van der Waals surface area contributed by atoms with Crippen molar-refractivity contribution in [3.63, 3.8) is 0 Å². The monoisotopic (exact) mass is 332 g/mol. The van der Waals surface area contributed by atoms with E-state index in [1.807, 2.05) is 30.3 Å². The highest BCUT2D eigenvalue weighted by atomic mass is 16.5. The molecule has 2 fully saturated rings. The van der Waals surface area contributed by atoms with Crippen molar-refractivity contribution < 1.29 is 14.3 Å². The van der Waals surface area contributed by atoms with Crippen LogP contribution in [0.4, 0.5) is 0 Å². The SMILES string of the molecule is O=C(CN1CCCCC1)N[C@@H]1CCOC[C@H]1OCc1ccccc1.